The van der Waals surface area contributed by atoms with E-state index in [9.17, 15) is 0 Å². The van der Waals surface area contributed by atoms with Crippen molar-refractivity contribution >= 4 is 8.07 Å². The van der Waals surface area contributed by atoms with Gasteiger partial charge in [0.25, 0.3) is 0 Å². The summed E-state index contributed by atoms with van der Waals surface area (Å²) in [6, 6.07) is 4.50. The Balaban J connectivity index is 4.37. The van der Waals surface area contributed by atoms with Crippen molar-refractivity contribution in [2.45, 2.75) is 65.1 Å². The third-order valence-corrected chi connectivity index (χ3v) is 8.29. The van der Waals surface area contributed by atoms with Crippen molar-refractivity contribution in [2.24, 2.45) is 0 Å². The highest BCUT2D eigenvalue weighted by atomic mass is 28.3. The van der Waals surface area contributed by atoms with E-state index in [1.807, 2.05) is 0 Å². The van der Waals surface area contributed by atoms with Crippen molar-refractivity contribution in [3.05, 3.63) is 11.8 Å². The monoisotopic (exact) mass is 198 g/mol. The molecule has 0 aliphatic carbocycles. The summed E-state index contributed by atoms with van der Waals surface area (Å²) in [6.45, 7) is 9.17. The van der Waals surface area contributed by atoms with Crippen molar-refractivity contribution in [3.8, 4) is 0 Å². The fraction of sp³-hybridized carbons (Fsp3) is 0.833. The topological polar surface area (TPSA) is 0 Å². The predicted octanol–water partition coefficient (Wildman–Crippen LogP) is 4.78. The Morgan fingerprint density at radius 3 is 1.46 bits per heavy atom. The number of allylic oxidation sites excluding steroid dienone is 1. The molecule has 0 fully saturated rings. The maximum Gasteiger partial charge on any atom is 0.0773 e. The van der Waals surface area contributed by atoms with Gasteiger partial charge in [-0.15, -0.1) is 0 Å². The quantitative estimate of drug-likeness (QED) is 0.516. The molecule has 0 nitrogen and oxygen atoms in total. The normalized spacial score (nSPS) is 12.6. The molecule has 0 atom stereocenters. The van der Waals surface area contributed by atoms with Gasteiger partial charge in [-0.1, -0.05) is 69.9 Å². The molecule has 0 bridgehead atoms. The van der Waals surface area contributed by atoms with Crippen LogP contribution in [0.15, 0.2) is 11.8 Å². The first kappa shape index (κ1) is 13.0. The van der Waals surface area contributed by atoms with Gasteiger partial charge < -0.3 is 0 Å². The van der Waals surface area contributed by atoms with Gasteiger partial charge in [0.2, 0.25) is 0 Å². The Morgan fingerprint density at radius 1 is 0.846 bits per heavy atom. The van der Waals surface area contributed by atoms with Gasteiger partial charge in [0.1, 0.15) is 0 Å². The van der Waals surface area contributed by atoms with Crippen molar-refractivity contribution in [1.82, 2.24) is 0 Å². The van der Waals surface area contributed by atoms with Crippen LogP contribution in [0.2, 0.25) is 18.1 Å². The summed E-state index contributed by atoms with van der Waals surface area (Å²) in [6.07, 6.45) is 6.41. The van der Waals surface area contributed by atoms with Crippen LogP contribution in [-0.4, -0.2) is 8.07 Å². The maximum absolute atomic E-state index is 2.59. The lowest BCUT2D eigenvalue weighted by Crippen LogP contribution is -2.31. The second-order valence-electron chi connectivity index (χ2n) is 4.11. The third kappa shape index (κ3) is 4.66. The highest BCUT2D eigenvalue weighted by Crippen LogP contribution is 2.27. The number of rotatable bonds is 7. The second kappa shape index (κ2) is 7.37. The molecule has 0 spiro atoms. The van der Waals surface area contributed by atoms with Crippen LogP contribution >= 0.6 is 0 Å². The summed E-state index contributed by atoms with van der Waals surface area (Å²) in [4.78, 5) is 0. The first-order valence-corrected chi connectivity index (χ1v) is 8.58. The summed E-state index contributed by atoms with van der Waals surface area (Å²) >= 11 is 0. The summed E-state index contributed by atoms with van der Waals surface area (Å²) in [5.41, 5.74) is 2.59. The molecule has 0 aliphatic rings. The van der Waals surface area contributed by atoms with Gasteiger partial charge in [-0.05, 0) is 6.92 Å². The van der Waals surface area contributed by atoms with E-state index in [0.717, 1.165) is 0 Å². The highest BCUT2D eigenvalue weighted by Gasteiger charge is 2.26. The van der Waals surface area contributed by atoms with Crippen LogP contribution in [0, 0.1) is 0 Å². The molecule has 0 saturated carbocycles. The van der Waals surface area contributed by atoms with E-state index in [4.69, 9.17) is 0 Å². The minimum absolute atomic E-state index is 0.976. The van der Waals surface area contributed by atoms with Crippen LogP contribution in [0.1, 0.15) is 47.0 Å². The molecule has 0 aromatic rings. The van der Waals surface area contributed by atoms with Gasteiger partial charge in [0.15, 0.2) is 0 Å². The number of hydrogen-bond donors (Lipinski definition) is 0. The van der Waals surface area contributed by atoms with Gasteiger partial charge in [-0.2, -0.15) is 0 Å². The Morgan fingerprint density at radius 2 is 1.23 bits per heavy atom. The third-order valence-electron chi connectivity index (χ3n) is 2.76. The van der Waals surface area contributed by atoms with Crippen molar-refractivity contribution < 1.29 is 0 Å². The molecule has 1 heteroatoms. The standard InChI is InChI=1S/C12H26Si/c1-5-9-13(10-6-2,11-7-3)12-8-4/h5,9H,6-8,10-12H2,1-4H3. The average molecular weight is 198 g/mol. The minimum Gasteiger partial charge on any atom is -0.0984 e. The molecule has 13 heavy (non-hydrogen) atoms. The van der Waals surface area contributed by atoms with Gasteiger partial charge in [-0.25, -0.2) is 0 Å². The van der Waals surface area contributed by atoms with E-state index in [0.29, 0.717) is 0 Å². The fourth-order valence-electron chi connectivity index (χ4n) is 2.47. The minimum atomic E-state index is -0.976. The summed E-state index contributed by atoms with van der Waals surface area (Å²) in [5.74, 6) is 0. The summed E-state index contributed by atoms with van der Waals surface area (Å²) in [5, 5.41) is 0. The maximum atomic E-state index is 2.59. The molecule has 78 valence electrons. The molecule has 0 amide bonds. The summed E-state index contributed by atoms with van der Waals surface area (Å²) < 4.78 is 0. The van der Waals surface area contributed by atoms with E-state index in [-0.39, 0.29) is 0 Å². The van der Waals surface area contributed by atoms with Crippen LogP contribution in [0.5, 0.6) is 0 Å². The highest BCUT2D eigenvalue weighted by molar-refractivity contribution is 6.84. The first-order valence-electron chi connectivity index (χ1n) is 5.88. The van der Waals surface area contributed by atoms with Crippen LogP contribution in [0.3, 0.4) is 0 Å². The molecule has 0 rings (SSSR count). The average Bonchev–Trinajstić information content (AvgIpc) is 2.06. The predicted molar refractivity (Wildman–Crippen MR) is 65.9 cm³/mol. The number of hydrogen-bond acceptors (Lipinski definition) is 0. The molecular weight excluding hydrogens is 172 g/mol. The zero-order valence-corrected chi connectivity index (χ0v) is 10.9. The summed E-state index contributed by atoms with van der Waals surface area (Å²) in [7, 11) is -0.976. The molecule has 0 saturated heterocycles. The van der Waals surface area contributed by atoms with Gasteiger partial charge in [0.05, 0.1) is 8.07 Å². The molecule has 0 aromatic heterocycles. The van der Waals surface area contributed by atoms with Gasteiger partial charge in [0, 0.05) is 0 Å². The van der Waals surface area contributed by atoms with Gasteiger partial charge >= 0.3 is 0 Å². The zero-order valence-electron chi connectivity index (χ0n) is 9.90. The molecule has 0 heterocycles. The van der Waals surface area contributed by atoms with E-state index in [1.54, 1.807) is 0 Å². The molecule has 0 aliphatic heterocycles. The first-order chi connectivity index (χ1) is 6.24. The van der Waals surface area contributed by atoms with E-state index < -0.39 is 8.07 Å². The van der Waals surface area contributed by atoms with Crippen molar-refractivity contribution in [1.29, 1.82) is 0 Å². The second-order valence-corrected chi connectivity index (χ2v) is 8.67. The van der Waals surface area contributed by atoms with Crippen molar-refractivity contribution in [3.63, 3.8) is 0 Å². The smallest absolute Gasteiger partial charge is 0.0773 e. The van der Waals surface area contributed by atoms with Gasteiger partial charge in [-0.3, -0.25) is 0 Å². The van der Waals surface area contributed by atoms with E-state index in [1.165, 1.54) is 37.4 Å². The fourth-order valence-corrected chi connectivity index (χ4v) is 7.42. The zero-order chi connectivity index (χ0) is 10.2. The van der Waals surface area contributed by atoms with E-state index in [2.05, 4.69) is 39.5 Å². The molecule has 0 unspecified atom stereocenters. The molecule has 0 radical (unpaired) electrons. The van der Waals surface area contributed by atoms with Crippen LogP contribution in [-0.2, 0) is 0 Å². The Bertz CT molecular complexity index is 121. The van der Waals surface area contributed by atoms with Crippen LogP contribution in [0.4, 0.5) is 0 Å². The molecule has 0 N–H and O–H groups in total. The SMILES string of the molecule is CC=C[Si](CCC)(CCC)CCC. The lowest BCUT2D eigenvalue weighted by Gasteiger charge is -2.27. The molecule has 0 aromatic carbocycles. The van der Waals surface area contributed by atoms with E-state index >= 15 is 0 Å². The van der Waals surface area contributed by atoms with Crippen LogP contribution < -0.4 is 0 Å². The largest absolute Gasteiger partial charge is 0.0984 e. The lowest BCUT2D eigenvalue weighted by atomic mass is 10.5. The van der Waals surface area contributed by atoms with Crippen molar-refractivity contribution in [2.75, 3.05) is 0 Å². The van der Waals surface area contributed by atoms with Crippen LogP contribution in [0.25, 0.3) is 0 Å². The Hall–Kier alpha value is -0.0431. The molecular formula is C12H26Si. The Kier molecular flexibility index (Phi) is 7.34. The lowest BCUT2D eigenvalue weighted by molar-refractivity contribution is 0.936. The Labute approximate surface area is 85.4 Å².